The molecule has 0 aliphatic rings. The molecule has 9 nitrogen and oxygen atoms in total. The van der Waals surface area contributed by atoms with Crippen LogP contribution in [0.4, 0.5) is 17.5 Å². The lowest BCUT2D eigenvalue weighted by Crippen LogP contribution is -2.07. The second-order valence-electron chi connectivity index (χ2n) is 6.11. The molecule has 0 saturated carbocycles. The lowest BCUT2D eigenvalue weighted by Gasteiger charge is -2.17. The number of methoxy groups -OCH3 is 2. The summed E-state index contributed by atoms with van der Waals surface area (Å²) in [5, 5.41) is 13.8. The van der Waals surface area contributed by atoms with Gasteiger partial charge < -0.3 is 25.4 Å². The van der Waals surface area contributed by atoms with Gasteiger partial charge in [-0.2, -0.15) is 10.1 Å². The molecule has 0 bridgehead atoms. The summed E-state index contributed by atoms with van der Waals surface area (Å²) in [6.45, 7) is 2.63. The van der Waals surface area contributed by atoms with Gasteiger partial charge in [0.05, 0.1) is 26.1 Å². The van der Waals surface area contributed by atoms with Crippen LogP contribution >= 0.6 is 0 Å². The van der Waals surface area contributed by atoms with Crippen LogP contribution in [-0.2, 0) is 6.54 Å². The van der Waals surface area contributed by atoms with Crippen LogP contribution in [0.1, 0.15) is 11.3 Å². The maximum atomic E-state index is 5.71. The van der Waals surface area contributed by atoms with E-state index in [1.807, 2.05) is 45.4 Å². The molecule has 0 unspecified atom stereocenters. The number of rotatable bonds is 8. The van der Waals surface area contributed by atoms with Gasteiger partial charge in [-0.1, -0.05) is 0 Å². The molecule has 0 atom stereocenters. The number of anilines is 3. The quantitative estimate of drug-likeness (QED) is 0.546. The summed E-state index contributed by atoms with van der Waals surface area (Å²) < 4.78 is 13.0. The average Bonchev–Trinajstić information content (AvgIpc) is 3.15. The highest BCUT2D eigenvalue weighted by Crippen LogP contribution is 2.39. The Morgan fingerprint density at radius 1 is 1.11 bits per heavy atom. The van der Waals surface area contributed by atoms with Crippen molar-refractivity contribution in [2.75, 3.05) is 38.9 Å². The molecule has 3 rings (SSSR count). The van der Waals surface area contributed by atoms with Crippen molar-refractivity contribution >= 4 is 17.5 Å². The van der Waals surface area contributed by atoms with Crippen LogP contribution in [0.5, 0.6) is 11.5 Å². The molecule has 1 aromatic carbocycles. The molecule has 0 saturated heterocycles. The molecule has 28 heavy (non-hydrogen) atoms. The second kappa shape index (κ2) is 8.57. The molecule has 0 amide bonds. The monoisotopic (exact) mass is 383 g/mol. The number of aryl methyl sites for hydroxylation is 1. The number of nitrogens with one attached hydrogen (secondary N) is 3. The van der Waals surface area contributed by atoms with E-state index in [0.29, 0.717) is 35.4 Å². The normalized spacial score (nSPS) is 10.6. The number of ether oxygens (including phenoxy) is 2. The van der Waals surface area contributed by atoms with Crippen molar-refractivity contribution in [3.05, 3.63) is 41.9 Å². The topological polar surface area (TPSA) is 98.2 Å². The van der Waals surface area contributed by atoms with Crippen LogP contribution < -0.4 is 25.4 Å². The molecule has 2 heterocycles. The Hall–Kier alpha value is -3.33. The van der Waals surface area contributed by atoms with Gasteiger partial charge >= 0.3 is 0 Å². The van der Waals surface area contributed by atoms with Gasteiger partial charge in [-0.25, -0.2) is 9.67 Å². The summed E-state index contributed by atoms with van der Waals surface area (Å²) >= 11 is 0. The minimum Gasteiger partial charge on any atom is -0.494 e. The van der Waals surface area contributed by atoms with Crippen molar-refractivity contribution in [2.45, 2.75) is 13.5 Å². The highest BCUT2D eigenvalue weighted by molar-refractivity contribution is 5.74. The maximum Gasteiger partial charge on any atom is 0.229 e. The van der Waals surface area contributed by atoms with Gasteiger partial charge in [-0.3, -0.25) is 0 Å². The van der Waals surface area contributed by atoms with Crippen LogP contribution in [0.25, 0.3) is 5.69 Å². The third-order valence-corrected chi connectivity index (χ3v) is 4.12. The summed E-state index contributed by atoms with van der Waals surface area (Å²) in [4.78, 5) is 8.89. The van der Waals surface area contributed by atoms with E-state index < -0.39 is 0 Å². The van der Waals surface area contributed by atoms with E-state index in [-0.39, 0.29) is 0 Å². The van der Waals surface area contributed by atoms with Gasteiger partial charge in [0, 0.05) is 37.1 Å². The zero-order chi connectivity index (χ0) is 20.1. The SMILES string of the molecule is CNCc1cnn(-c2c(OC)ccc(Nc3nc(C)cc(NC)n3)c2OC)c1. The number of hydrogen-bond acceptors (Lipinski definition) is 8. The molecule has 148 valence electrons. The van der Waals surface area contributed by atoms with Crippen molar-refractivity contribution < 1.29 is 9.47 Å². The molecular formula is C19H25N7O2. The second-order valence-corrected chi connectivity index (χ2v) is 6.11. The van der Waals surface area contributed by atoms with Crippen molar-refractivity contribution in [3.63, 3.8) is 0 Å². The smallest absolute Gasteiger partial charge is 0.229 e. The highest BCUT2D eigenvalue weighted by atomic mass is 16.5. The molecule has 2 aromatic heterocycles. The molecule has 3 aromatic rings. The molecule has 0 radical (unpaired) electrons. The fourth-order valence-corrected chi connectivity index (χ4v) is 2.89. The fourth-order valence-electron chi connectivity index (χ4n) is 2.89. The first-order chi connectivity index (χ1) is 13.6. The third-order valence-electron chi connectivity index (χ3n) is 4.12. The Kier molecular flexibility index (Phi) is 5.95. The first kappa shape index (κ1) is 19.4. The summed E-state index contributed by atoms with van der Waals surface area (Å²) in [7, 11) is 6.94. The van der Waals surface area contributed by atoms with Gasteiger partial charge in [-0.15, -0.1) is 0 Å². The summed E-state index contributed by atoms with van der Waals surface area (Å²) in [5.41, 5.74) is 3.29. The summed E-state index contributed by atoms with van der Waals surface area (Å²) in [6, 6.07) is 5.59. The van der Waals surface area contributed by atoms with E-state index in [2.05, 4.69) is 31.0 Å². The highest BCUT2D eigenvalue weighted by Gasteiger charge is 2.19. The molecule has 0 spiro atoms. The van der Waals surface area contributed by atoms with E-state index in [0.717, 1.165) is 17.1 Å². The van der Waals surface area contributed by atoms with Gasteiger partial charge in [0.2, 0.25) is 5.95 Å². The molecule has 0 aliphatic carbocycles. The van der Waals surface area contributed by atoms with E-state index in [9.17, 15) is 0 Å². The lowest BCUT2D eigenvalue weighted by atomic mass is 10.2. The standard InChI is InChI=1S/C19H25N7O2/c1-12-8-16(21-3)25-19(23-12)24-14-6-7-15(27-4)17(18(14)28-5)26-11-13(9-20-2)10-22-26/h6-8,10-11,20H,9H2,1-5H3,(H2,21,23,24,25). The minimum absolute atomic E-state index is 0.468. The average molecular weight is 383 g/mol. The molecular weight excluding hydrogens is 358 g/mol. The van der Waals surface area contributed by atoms with E-state index in [1.54, 1.807) is 25.1 Å². The molecule has 0 fully saturated rings. The zero-order valence-corrected chi connectivity index (χ0v) is 16.7. The maximum absolute atomic E-state index is 5.71. The van der Waals surface area contributed by atoms with Gasteiger partial charge in [0.15, 0.2) is 11.4 Å². The van der Waals surface area contributed by atoms with Crippen LogP contribution in [0, 0.1) is 6.92 Å². The Balaban J connectivity index is 2.06. The zero-order valence-electron chi connectivity index (χ0n) is 16.7. The van der Waals surface area contributed by atoms with E-state index >= 15 is 0 Å². The van der Waals surface area contributed by atoms with E-state index in [1.165, 1.54) is 0 Å². The number of benzene rings is 1. The van der Waals surface area contributed by atoms with Gasteiger partial charge in [-0.05, 0) is 26.1 Å². The van der Waals surface area contributed by atoms with Crippen LogP contribution in [0.3, 0.4) is 0 Å². The molecule has 9 heteroatoms. The minimum atomic E-state index is 0.468. The van der Waals surface area contributed by atoms with E-state index in [4.69, 9.17) is 9.47 Å². The first-order valence-corrected chi connectivity index (χ1v) is 8.83. The number of aromatic nitrogens is 4. The Morgan fingerprint density at radius 2 is 1.93 bits per heavy atom. The van der Waals surface area contributed by atoms with Crippen molar-refractivity contribution in [2.24, 2.45) is 0 Å². The lowest BCUT2D eigenvalue weighted by molar-refractivity contribution is 0.390. The first-order valence-electron chi connectivity index (χ1n) is 8.83. The Bertz CT molecular complexity index is 955. The number of hydrogen-bond donors (Lipinski definition) is 3. The van der Waals surface area contributed by atoms with Crippen LogP contribution in [0.2, 0.25) is 0 Å². The predicted octanol–water partition coefficient (Wildman–Crippen LogP) is 2.49. The number of nitrogens with zero attached hydrogens (tertiary/aromatic N) is 4. The largest absolute Gasteiger partial charge is 0.494 e. The van der Waals surface area contributed by atoms with Gasteiger partial charge in [0.1, 0.15) is 11.6 Å². The fraction of sp³-hybridized carbons (Fsp3) is 0.316. The van der Waals surface area contributed by atoms with Crippen LogP contribution in [0.15, 0.2) is 30.6 Å². The van der Waals surface area contributed by atoms with Crippen molar-refractivity contribution in [1.29, 1.82) is 0 Å². The predicted molar refractivity (Wildman–Crippen MR) is 109 cm³/mol. The van der Waals surface area contributed by atoms with Crippen molar-refractivity contribution in [3.8, 4) is 17.2 Å². The Morgan fingerprint density at radius 3 is 2.61 bits per heavy atom. The molecule has 3 N–H and O–H groups in total. The Labute approximate surface area is 164 Å². The summed E-state index contributed by atoms with van der Waals surface area (Å²) in [5.74, 6) is 2.42. The third kappa shape index (κ3) is 3.99. The summed E-state index contributed by atoms with van der Waals surface area (Å²) in [6.07, 6.45) is 3.74. The molecule has 0 aliphatic heterocycles. The van der Waals surface area contributed by atoms with Crippen molar-refractivity contribution in [1.82, 2.24) is 25.1 Å². The van der Waals surface area contributed by atoms with Gasteiger partial charge in [0.25, 0.3) is 0 Å². The van der Waals surface area contributed by atoms with Crippen LogP contribution in [-0.4, -0.2) is 48.1 Å².